The summed E-state index contributed by atoms with van der Waals surface area (Å²) in [6, 6.07) is 19.3. The monoisotopic (exact) mass is 400 g/mol. The van der Waals surface area contributed by atoms with Gasteiger partial charge in [0.2, 0.25) is 5.78 Å². The number of nitrogens with zero attached hydrogens (tertiary/aromatic N) is 2. The first-order valence-electron chi connectivity index (χ1n) is 9.65. The SMILES string of the molecule is Cc1ccc(CON=Cc2c(C)c(C(=O)c3ccc(F)cc3)n3ccccc23)cc1. The summed E-state index contributed by atoms with van der Waals surface area (Å²) in [7, 11) is 0. The molecule has 0 spiro atoms. The van der Waals surface area contributed by atoms with Crippen LogP contribution in [0.1, 0.15) is 38.3 Å². The number of aryl methyl sites for hydroxylation is 1. The van der Waals surface area contributed by atoms with Gasteiger partial charge in [0, 0.05) is 17.3 Å². The van der Waals surface area contributed by atoms with Gasteiger partial charge in [-0.15, -0.1) is 0 Å². The third-order valence-corrected chi connectivity index (χ3v) is 5.07. The second kappa shape index (κ2) is 8.33. The molecule has 0 aliphatic rings. The van der Waals surface area contributed by atoms with Crippen LogP contribution in [0, 0.1) is 19.7 Å². The minimum atomic E-state index is -0.373. The second-order valence-corrected chi connectivity index (χ2v) is 7.17. The van der Waals surface area contributed by atoms with Gasteiger partial charge in [0.25, 0.3) is 0 Å². The highest BCUT2D eigenvalue weighted by atomic mass is 19.1. The van der Waals surface area contributed by atoms with Crippen molar-refractivity contribution in [3.63, 3.8) is 0 Å². The summed E-state index contributed by atoms with van der Waals surface area (Å²) < 4.78 is 15.1. The van der Waals surface area contributed by atoms with Crippen LogP contribution >= 0.6 is 0 Å². The lowest BCUT2D eigenvalue weighted by atomic mass is 10.0. The van der Waals surface area contributed by atoms with Crippen LogP contribution in [0.2, 0.25) is 0 Å². The molecule has 30 heavy (non-hydrogen) atoms. The van der Waals surface area contributed by atoms with E-state index in [0.717, 1.165) is 22.2 Å². The van der Waals surface area contributed by atoms with E-state index in [9.17, 15) is 9.18 Å². The van der Waals surface area contributed by atoms with E-state index in [4.69, 9.17) is 4.84 Å². The predicted octanol–water partition coefficient (Wildman–Crippen LogP) is 5.48. The van der Waals surface area contributed by atoms with Crippen molar-refractivity contribution in [3.05, 3.63) is 112 Å². The molecule has 5 heteroatoms. The molecule has 150 valence electrons. The number of halogens is 1. The van der Waals surface area contributed by atoms with Gasteiger partial charge in [-0.1, -0.05) is 41.1 Å². The number of rotatable bonds is 6. The Balaban J connectivity index is 1.64. The number of pyridine rings is 1. The Kier molecular flexibility index (Phi) is 5.44. The van der Waals surface area contributed by atoms with Crippen LogP contribution in [0.4, 0.5) is 4.39 Å². The standard InChI is InChI=1S/C25H21FN2O2/c1-17-6-8-19(9-7-17)16-30-27-15-22-18(2)24(28-14-4-3-5-23(22)28)25(29)20-10-12-21(26)13-11-20/h3-15H,16H2,1-2H3. The summed E-state index contributed by atoms with van der Waals surface area (Å²) in [5.41, 5.74) is 5.63. The maximum atomic E-state index is 13.3. The summed E-state index contributed by atoms with van der Waals surface area (Å²) >= 11 is 0. The van der Waals surface area contributed by atoms with Crippen LogP contribution in [-0.4, -0.2) is 16.4 Å². The van der Waals surface area contributed by atoms with Crippen molar-refractivity contribution in [1.82, 2.24) is 4.40 Å². The van der Waals surface area contributed by atoms with E-state index in [1.54, 1.807) is 6.21 Å². The maximum absolute atomic E-state index is 13.3. The smallest absolute Gasteiger partial charge is 0.210 e. The quantitative estimate of drug-likeness (QED) is 0.244. The Morgan fingerprint density at radius 3 is 2.50 bits per heavy atom. The molecule has 0 aliphatic carbocycles. The number of oxime groups is 1. The number of hydrogen-bond acceptors (Lipinski definition) is 3. The summed E-state index contributed by atoms with van der Waals surface area (Å²) in [6.45, 7) is 4.28. The van der Waals surface area contributed by atoms with E-state index in [-0.39, 0.29) is 11.6 Å². The molecule has 4 nitrogen and oxygen atoms in total. The van der Waals surface area contributed by atoms with E-state index in [2.05, 4.69) is 5.16 Å². The van der Waals surface area contributed by atoms with Gasteiger partial charge in [0.1, 0.15) is 12.4 Å². The Morgan fingerprint density at radius 2 is 1.77 bits per heavy atom. The first-order chi connectivity index (χ1) is 14.5. The van der Waals surface area contributed by atoms with Crippen LogP contribution in [0.3, 0.4) is 0 Å². The number of ketones is 1. The number of fused-ring (bicyclic) bond motifs is 1. The fraction of sp³-hybridized carbons (Fsp3) is 0.120. The van der Waals surface area contributed by atoms with Gasteiger partial charge in [-0.05, 0) is 61.4 Å². The van der Waals surface area contributed by atoms with Crippen molar-refractivity contribution < 1.29 is 14.0 Å². The highest BCUT2D eigenvalue weighted by Gasteiger charge is 2.20. The van der Waals surface area contributed by atoms with E-state index in [1.807, 2.05) is 66.9 Å². The van der Waals surface area contributed by atoms with E-state index < -0.39 is 0 Å². The zero-order valence-corrected chi connectivity index (χ0v) is 16.8. The van der Waals surface area contributed by atoms with Gasteiger partial charge in [0.15, 0.2) is 0 Å². The third kappa shape index (κ3) is 3.87. The molecule has 0 N–H and O–H groups in total. The van der Waals surface area contributed by atoms with Crippen LogP contribution < -0.4 is 0 Å². The zero-order chi connectivity index (χ0) is 21.1. The Bertz CT molecular complexity index is 1220. The lowest BCUT2D eigenvalue weighted by Crippen LogP contribution is -2.07. The first-order valence-corrected chi connectivity index (χ1v) is 9.65. The van der Waals surface area contributed by atoms with Crippen molar-refractivity contribution in [2.24, 2.45) is 5.16 Å². The molecule has 0 aliphatic heterocycles. The van der Waals surface area contributed by atoms with Crippen LogP contribution in [0.5, 0.6) is 0 Å². The van der Waals surface area contributed by atoms with E-state index in [0.29, 0.717) is 17.9 Å². The number of carbonyl (C=O) groups is 1. The summed E-state index contributed by atoms with van der Waals surface area (Å²) in [5, 5.41) is 4.13. The fourth-order valence-corrected chi connectivity index (χ4v) is 3.42. The molecule has 0 radical (unpaired) electrons. The first kappa shape index (κ1) is 19.6. The number of carbonyl (C=O) groups excluding carboxylic acids is 1. The summed E-state index contributed by atoms with van der Waals surface area (Å²) in [6.07, 6.45) is 3.48. The van der Waals surface area contributed by atoms with Crippen LogP contribution in [-0.2, 0) is 11.4 Å². The average Bonchev–Trinajstić information content (AvgIpc) is 3.04. The van der Waals surface area contributed by atoms with Gasteiger partial charge in [-0.3, -0.25) is 4.79 Å². The number of hydrogen-bond donors (Lipinski definition) is 0. The third-order valence-electron chi connectivity index (χ3n) is 5.07. The van der Waals surface area contributed by atoms with Crippen molar-refractivity contribution in [3.8, 4) is 0 Å². The van der Waals surface area contributed by atoms with Gasteiger partial charge in [-0.2, -0.15) is 0 Å². The lowest BCUT2D eigenvalue weighted by Gasteiger charge is -2.04. The van der Waals surface area contributed by atoms with Crippen molar-refractivity contribution in [1.29, 1.82) is 0 Å². The van der Waals surface area contributed by atoms with E-state index in [1.165, 1.54) is 29.8 Å². The molecular formula is C25H21FN2O2. The average molecular weight is 400 g/mol. The minimum absolute atomic E-state index is 0.172. The zero-order valence-electron chi connectivity index (χ0n) is 16.8. The normalized spacial score (nSPS) is 11.3. The molecule has 2 aromatic carbocycles. The predicted molar refractivity (Wildman–Crippen MR) is 116 cm³/mol. The van der Waals surface area contributed by atoms with Gasteiger partial charge < -0.3 is 9.24 Å². The Labute approximate surface area is 174 Å². The highest BCUT2D eigenvalue weighted by Crippen LogP contribution is 2.24. The van der Waals surface area contributed by atoms with Crippen LogP contribution in [0.25, 0.3) is 5.52 Å². The number of benzene rings is 2. The molecule has 0 amide bonds. The van der Waals surface area contributed by atoms with Gasteiger partial charge in [0.05, 0.1) is 17.4 Å². The van der Waals surface area contributed by atoms with E-state index >= 15 is 0 Å². The molecule has 0 fully saturated rings. The second-order valence-electron chi connectivity index (χ2n) is 7.17. The topological polar surface area (TPSA) is 43.1 Å². The molecule has 0 unspecified atom stereocenters. The van der Waals surface area contributed by atoms with Crippen molar-refractivity contribution in [2.75, 3.05) is 0 Å². The Morgan fingerprint density at radius 1 is 1.03 bits per heavy atom. The molecular weight excluding hydrogens is 379 g/mol. The van der Waals surface area contributed by atoms with Crippen molar-refractivity contribution in [2.45, 2.75) is 20.5 Å². The molecule has 4 aromatic rings. The fourth-order valence-electron chi connectivity index (χ4n) is 3.42. The van der Waals surface area contributed by atoms with Crippen molar-refractivity contribution >= 4 is 17.5 Å². The number of aromatic nitrogens is 1. The highest BCUT2D eigenvalue weighted by molar-refractivity contribution is 6.11. The summed E-state index contributed by atoms with van der Waals surface area (Å²) in [4.78, 5) is 18.6. The van der Waals surface area contributed by atoms with Crippen LogP contribution in [0.15, 0.2) is 78.1 Å². The molecule has 0 saturated heterocycles. The molecule has 2 aromatic heterocycles. The maximum Gasteiger partial charge on any atom is 0.210 e. The molecule has 0 saturated carbocycles. The minimum Gasteiger partial charge on any atom is -0.391 e. The molecule has 0 bridgehead atoms. The lowest BCUT2D eigenvalue weighted by molar-refractivity contribution is 0.103. The van der Waals surface area contributed by atoms with Gasteiger partial charge in [-0.25, -0.2) is 4.39 Å². The molecule has 2 heterocycles. The summed E-state index contributed by atoms with van der Waals surface area (Å²) in [5.74, 6) is -0.546. The largest absolute Gasteiger partial charge is 0.391 e. The molecule has 4 rings (SSSR count). The van der Waals surface area contributed by atoms with Gasteiger partial charge >= 0.3 is 0 Å². The Hall–Kier alpha value is -3.73. The molecule has 0 atom stereocenters.